The zero-order valence-corrected chi connectivity index (χ0v) is 28.2. The Labute approximate surface area is 296 Å². The summed E-state index contributed by atoms with van der Waals surface area (Å²) in [6, 6.07) is 30.4. The highest BCUT2D eigenvalue weighted by Crippen LogP contribution is 2.24. The number of rotatable bonds is 11. The molecule has 0 aliphatic carbocycles. The van der Waals surface area contributed by atoms with Gasteiger partial charge in [0.2, 0.25) is 23.6 Å². The van der Waals surface area contributed by atoms with Gasteiger partial charge in [0.25, 0.3) is 0 Å². The zero-order chi connectivity index (χ0) is 35.6. The van der Waals surface area contributed by atoms with E-state index in [2.05, 4.69) is 20.7 Å². The molecule has 2 aliphatic heterocycles. The molecule has 6 rings (SSSR count). The van der Waals surface area contributed by atoms with E-state index in [4.69, 9.17) is 5.53 Å². The number of hydrogen-bond acceptors (Lipinski definition) is 5. The predicted molar refractivity (Wildman–Crippen MR) is 198 cm³/mol. The molecule has 2 saturated heterocycles. The van der Waals surface area contributed by atoms with Crippen LogP contribution in [0.5, 0.6) is 0 Å². The minimum Gasteiger partial charge on any atom is -0.330 e. The van der Waals surface area contributed by atoms with Crippen molar-refractivity contribution in [3.8, 4) is 0 Å². The van der Waals surface area contributed by atoms with Crippen LogP contribution >= 0.6 is 0 Å². The SMILES string of the molecule is [N-]=[N+]=Nc1cccc(CC(=O)N2CCC[C@H]2C(=O)Nc2ccc(/C=C/c3ccc(NC(=O)[C@@H]4CCCN4C(=O)Cc4ccccc4)cc3)cc2)c1. The number of nitrogens with one attached hydrogen (secondary N) is 2. The van der Waals surface area contributed by atoms with E-state index < -0.39 is 12.1 Å². The van der Waals surface area contributed by atoms with Crippen molar-refractivity contribution < 1.29 is 19.2 Å². The first-order chi connectivity index (χ1) is 24.9. The first-order valence-electron chi connectivity index (χ1n) is 17.1. The number of carbonyl (C=O) groups excluding carboxylic acids is 4. The number of benzene rings is 4. The Morgan fingerprint density at radius 2 is 1.16 bits per heavy atom. The van der Waals surface area contributed by atoms with Gasteiger partial charge in [-0.25, -0.2) is 0 Å². The van der Waals surface area contributed by atoms with Gasteiger partial charge in [-0.1, -0.05) is 90.1 Å². The molecule has 4 aromatic carbocycles. The summed E-state index contributed by atoms with van der Waals surface area (Å²) in [5.41, 5.74) is 14.0. The van der Waals surface area contributed by atoms with Crippen LogP contribution in [-0.4, -0.2) is 58.6 Å². The lowest BCUT2D eigenvalue weighted by molar-refractivity contribution is -0.136. The second-order valence-corrected chi connectivity index (χ2v) is 12.7. The van der Waals surface area contributed by atoms with Gasteiger partial charge in [-0.2, -0.15) is 0 Å². The smallest absolute Gasteiger partial charge is 0.247 e. The molecule has 0 bridgehead atoms. The van der Waals surface area contributed by atoms with Crippen LogP contribution in [0.25, 0.3) is 22.6 Å². The Balaban J connectivity index is 0.985. The van der Waals surface area contributed by atoms with Crippen molar-refractivity contribution in [3.05, 3.63) is 136 Å². The third-order valence-corrected chi connectivity index (χ3v) is 9.20. The van der Waals surface area contributed by atoms with Gasteiger partial charge >= 0.3 is 0 Å². The summed E-state index contributed by atoms with van der Waals surface area (Å²) in [6.45, 7) is 1.10. The van der Waals surface area contributed by atoms with Gasteiger partial charge in [0, 0.05) is 35.1 Å². The highest BCUT2D eigenvalue weighted by Gasteiger charge is 2.35. The summed E-state index contributed by atoms with van der Waals surface area (Å²) in [6.07, 6.45) is 7.11. The fourth-order valence-electron chi connectivity index (χ4n) is 6.60. The van der Waals surface area contributed by atoms with Gasteiger partial charge in [0.1, 0.15) is 12.1 Å². The standard InChI is InChI=1S/C40H39N7O4/c41-45-44-34-10-4-9-31(25-34)27-38(49)47-24-6-12-36(47)40(51)43-33-21-17-29(18-22-33)14-13-28-15-19-32(20-16-28)42-39(50)35-11-5-23-46(35)37(48)26-30-7-2-1-3-8-30/h1-4,7-10,13-22,25,35-36H,5-6,11-12,23-24,26-27H2,(H,42,50)(H,43,51)/b14-13+/t35-,36-/m0/s1. The van der Waals surface area contributed by atoms with Crippen molar-refractivity contribution in [2.24, 2.45) is 5.11 Å². The highest BCUT2D eigenvalue weighted by molar-refractivity contribution is 5.99. The Morgan fingerprint density at radius 1 is 0.667 bits per heavy atom. The van der Waals surface area contributed by atoms with Crippen LogP contribution in [0.15, 0.2) is 108 Å². The molecule has 4 amide bonds. The summed E-state index contributed by atoms with van der Waals surface area (Å²) in [7, 11) is 0. The number of amides is 4. The molecule has 0 radical (unpaired) electrons. The van der Waals surface area contributed by atoms with Crippen LogP contribution in [0.2, 0.25) is 0 Å². The first-order valence-corrected chi connectivity index (χ1v) is 17.1. The predicted octanol–water partition coefficient (Wildman–Crippen LogP) is 7.14. The Morgan fingerprint density at radius 3 is 1.67 bits per heavy atom. The molecule has 0 aromatic heterocycles. The van der Waals surface area contributed by atoms with Gasteiger partial charge in [0.15, 0.2) is 0 Å². The molecule has 2 fully saturated rings. The van der Waals surface area contributed by atoms with E-state index in [1.807, 2.05) is 91.0 Å². The number of azide groups is 1. The lowest BCUT2D eigenvalue weighted by Gasteiger charge is -2.24. The van der Waals surface area contributed by atoms with E-state index in [9.17, 15) is 19.2 Å². The van der Waals surface area contributed by atoms with E-state index in [0.29, 0.717) is 43.0 Å². The molecule has 0 saturated carbocycles. The van der Waals surface area contributed by atoms with Gasteiger partial charge in [-0.3, -0.25) is 19.2 Å². The van der Waals surface area contributed by atoms with Crippen LogP contribution in [-0.2, 0) is 32.0 Å². The van der Waals surface area contributed by atoms with Crippen molar-refractivity contribution in [3.63, 3.8) is 0 Å². The summed E-state index contributed by atoms with van der Waals surface area (Å²) in [5, 5.41) is 9.52. The monoisotopic (exact) mass is 681 g/mol. The third-order valence-electron chi connectivity index (χ3n) is 9.20. The summed E-state index contributed by atoms with van der Waals surface area (Å²) in [4.78, 5) is 58.4. The van der Waals surface area contributed by atoms with Crippen LogP contribution in [0.3, 0.4) is 0 Å². The van der Waals surface area contributed by atoms with Gasteiger partial charge in [-0.05, 0) is 83.8 Å². The highest BCUT2D eigenvalue weighted by atomic mass is 16.2. The molecule has 2 N–H and O–H groups in total. The minimum atomic E-state index is -0.552. The zero-order valence-electron chi connectivity index (χ0n) is 28.2. The Kier molecular flexibility index (Phi) is 11.2. The Hall–Kier alpha value is -6.19. The third kappa shape index (κ3) is 9.09. The lowest BCUT2D eigenvalue weighted by atomic mass is 10.1. The van der Waals surface area contributed by atoms with Crippen molar-refractivity contribution in [1.82, 2.24) is 9.80 Å². The van der Waals surface area contributed by atoms with Gasteiger partial charge in [-0.15, -0.1) is 0 Å². The number of likely N-dealkylation sites (tertiary alicyclic amines) is 2. The summed E-state index contributed by atoms with van der Waals surface area (Å²) in [5.74, 6) is -0.580. The summed E-state index contributed by atoms with van der Waals surface area (Å²) < 4.78 is 0. The molecule has 0 unspecified atom stereocenters. The topological polar surface area (TPSA) is 148 Å². The molecule has 51 heavy (non-hydrogen) atoms. The fraction of sp³-hybridized carbons (Fsp3) is 0.250. The summed E-state index contributed by atoms with van der Waals surface area (Å²) >= 11 is 0. The number of carbonyl (C=O) groups is 4. The fourth-order valence-corrected chi connectivity index (χ4v) is 6.60. The van der Waals surface area contributed by atoms with Crippen LogP contribution in [0, 0.1) is 0 Å². The van der Waals surface area contributed by atoms with Crippen LogP contribution in [0.1, 0.15) is 47.9 Å². The molecule has 4 aromatic rings. The molecule has 11 nitrogen and oxygen atoms in total. The number of anilines is 2. The largest absolute Gasteiger partial charge is 0.330 e. The lowest BCUT2D eigenvalue weighted by Crippen LogP contribution is -2.43. The maximum Gasteiger partial charge on any atom is 0.247 e. The molecule has 2 aliphatic rings. The molecule has 258 valence electrons. The van der Waals surface area contributed by atoms with Crippen molar-refractivity contribution >= 4 is 52.8 Å². The first kappa shape index (κ1) is 34.7. The Bertz CT molecular complexity index is 1960. The molecule has 11 heteroatoms. The second kappa shape index (κ2) is 16.5. The number of hydrogen-bond donors (Lipinski definition) is 2. The normalized spacial score (nSPS) is 16.9. The maximum atomic E-state index is 13.2. The molecule has 2 atom stereocenters. The van der Waals surface area contributed by atoms with Crippen molar-refractivity contribution in [1.29, 1.82) is 0 Å². The average molecular weight is 682 g/mol. The molecular formula is C40H39N7O4. The molecule has 2 heterocycles. The quantitative estimate of drug-likeness (QED) is 0.0749. The van der Waals surface area contributed by atoms with E-state index in [1.54, 1.807) is 34.1 Å². The average Bonchev–Trinajstić information content (AvgIpc) is 3.84. The van der Waals surface area contributed by atoms with E-state index in [0.717, 1.165) is 35.1 Å². The number of nitrogens with zero attached hydrogens (tertiary/aromatic N) is 5. The molecular weight excluding hydrogens is 642 g/mol. The van der Waals surface area contributed by atoms with Gasteiger partial charge < -0.3 is 20.4 Å². The maximum absolute atomic E-state index is 13.2. The van der Waals surface area contributed by atoms with E-state index in [1.165, 1.54) is 0 Å². The van der Waals surface area contributed by atoms with Crippen molar-refractivity contribution in [2.45, 2.75) is 50.6 Å². The minimum absolute atomic E-state index is 0.0361. The van der Waals surface area contributed by atoms with Crippen LogP contribution in [0.4, 0.5) is 17.1 Å². The van der Waals surface area contributed by atoms with Gasteiger partial charge in [0.05, 0.1) is 12.8 Å². The van der Waals surface area contributed by atoms with E-state index in [-0.39, 0.29) is 36.5 Å². The second-order valence-electron chi connectivity index (χ2n) is 12.7. The van der Waals surface area contributed by atoms with E-state index >= 15 is 0 Å². The van der Waals surface area contributed by atoms with Crippen molar-refractivity contribution in [2.75, 3.05) is 23.7 Å². The van der Waals surface area contributed by atoms with Crippen LogP contribution < -0.4 is 10.6 Å². The molecule has 0 spiro atoms.